The van der Waals surface area contributed by atoms with Crippen molar-refractivity contribution in [3.8, 4) is 5.75 Å². The molecule has 0 aliphatic carbocycles. The van der Waals surface area contributed by atoms with Gasteiger partial charge in [0.25, 0.3) is 0 Å². The first kappa shape index (κ1) is 17.9. The predicted molar refractivity (Wildman–Crippen MR) is 102 cm³/mol. The van der Waals surface area contributed by atoms with E-state index in [1.807, 2.05) is 31.3 Å². The summed E-state index contributed by atoms with van der Waals surface area (Å²) in [6, 6.07) is 7.94. The van der Waals surface area contributed by atoms with Crippen LogP contribution in [-0.2, 0) is 18.3 Å². The van der Waals surface area contributed by atoms with Gasteiger partial charge in [0, 0.05) is 33.9 Å². The Kier molecular flexibility index (Phi) is 5.85. The summed E-state index contributed by atoms with van der Waals surface area (Å²) in [6.07, 6.45) is 2.66. The predicted octanol–water partition coefficient (Wildman–Crippen LogP) is 2.43. The molecule has 0 spiro atoms. The Morgan fingerprint density at radius 2 is 1.88 bits per heavy atom. The van der Waals surface area contributed by atoms with Gasteiger partial charge in [0.2, 0.25) is 5.95 Å². The van der Waals surface area contributed by atoms with Gasteiger partial charge in [-0.05, 0) is 24.1 Å². The molecule has 0 saturated heterocycles. The summed E-state index contributed by atoms with van der Waals surface area (Å²) in [5.41, 5.74) is 1.92. The van der Waals surface area contributed by atoms with Gasteiger partial charge in [0.05, 0.1) is 18.7 Å². The molecule has 8 heteroatoms. The number of ether oxygens (including phenoxy) is 2. The Bertz CT molecular complexity index is 847. The molecule has 0 radical (unpaired) electrons. The van der Waals surface area contributed by atoms with Crippen molar-refractivity contribution in [1.82, 2.24) is 19.7 Å². The summed E-state index contributed by atoms with van der Waals surface area (Å²) < 4.78 is 12.0. The fraction of sp³-hybridized carbons (Fsp3) is 0.389. The monoisotopic (exact) mass is 356 g/mol. The van der Waals surface area contributed by atoms with Crippen LogP contribution in [0.2, 0.25) is 0 Å². The summed E-state index contributed by atoms with van der Waals surface area (Å²) in [6.45, 7) is 2.09. The Morgan fingerprint density at radius 1 is 1.08 bits per heavy atom. The molecule has 8 nitrogen and oxygen atoms in total. The van der Waals surface area contributed by atoms with Crippen LogP contribution >= 0.6 is 0 Å². The Hall–Kier alpha value is -2.87. The maximum absolute atomic E-state index is 5.19. The first-order valence-electron chi connectivity index (χ1n) is 8.50. The molecule has 0 bridgehead atoms. The Labute approximate surface area is 152 Å². The summed E-state index contributed by atoms with van der Waals surface area (Å²) >= 11 is 0. The molecule has 2 N–H and O–H groups in total. The average Bonchev–Trinajstić information content (AvgIpc) is 3.05. The van der Waals surface area contributed by atoms with Gasteiger partial charge in [-0.2, -0.15) is 15.1 Å². The molecular weight excluding hydrogens is 332 g/mol. The molecule has 0 aliphatic rings. The highest BCUT2D eigenvalue weighted by molar-refractivity contribution is 5.87. The third kappa shape index (κ3) is 4.20. The maximum Gasteiger partial charge on any atom is 0.226 e. The molecule has 138 valence electrons. The number of benzene rings is 1. The van der Waals surface area contributed by atoms with Crippen LogP contribution in [0.25, 0.3) is 11.0 Å². The molecule has 0 saturated carbocycles. The second-order valence-electron chi connectivity index (χ2n) is 5.88. The largest absolute Gasteiger partial charge is 0.497 e. The first-order chi connectivity index (χ1) is 12.7. The molecule has 0 atom stereocenters. The number of nitrogens with one attached hydrogen (secondary N) is 2. The van der Waals surface area contributed by atoms with E-state index >= 15 is 0 Å². The third-order valence-electron chi connectivity index (χ3n) is 4.02. The fourth-order valence-electron chi connectivity index (χ4n) is 2.58. The number of nitrogens with zero attached hydrogens (tertiary/aromatic N) is 4. The van der Waals surface area contributed by atoms with Crippen LogP contribution in [0.15, 0.2) is 30.5 Å². The van der Waals surface area contributed by atoms with Crippen LogP contribution in [-0.4, -0.2) is 47.1 Å². The number of hydrogen-bond donors (Lipinski definition) is 2. The minimum absolute atomic E-state index is 0.578. The van der Waals surface area contributed by atoms with Crippen LogP contribution in [0.1, 0.15) is 12.0 Å². The molecule has 2 aromatic heterocycles. The normalized spacial score (nSPS) is 10.9. The molecule has 0 fully saturated rings. The Morgan fingerprint density at radius 3 is 2.62 bits per heavy atom. The van der Waals surface area contributed by atoms with Crippen molar-refractivity contribution < 1.29 is 9.47 Å². The zero-order chi connectivity index (χ0) is 18.4. The van der Waals surface area contributed by atoms with Crippen LogP contribution in [0.5, 0.6) is 5.75 Å². The number of fused-ring (bicyclic) bond motifs is 1. The van der Waals surface area contributed by atoms with Crippen molar-refractivity contribution in [3.05, 3.63) is 36.0 Å². The molecule has 0 unspecified atom stereocenters. The fourth-order valence-corrected chi connectivity index (χ4v) is 2.58. The molecule has 26 heavy (non-hydrogen) atoms. The lowest BCUT2D eigenvalue weighted by molar-refractivity contribution is 0.197. The minimum atomic E-state index is 0.578. The highest BCUT2D eigenvalue weighted by Crippen LogP contribution is 2.22. The van der Waals surface area contributed by atoms with Crippen molar-refractivity contribution >= 4 is 22.8 Å². The third-order valence-corrected chi connectivity index (χ3v) is 4.02. The molecule has 3 rings (SSSR count). The lowest BCUT2D eigenvalue weighted by Gasteiger charge is -2.10. The van der Waals surface area contributed by atoms with E-state index in [9.17, 15) is 0 Å². The number of anilines is 2. The van der Waals surface area contributed by atoms with Crippen LogP contribution in [0.3, 0.4) is 0 Å². The van der Waals surface area contributed by atoms with E-state index in [0.717, 1.165) is 41.1 Å². The van der Waals surface area contributed by atoms with Gasteiger partial charge < -0.3 is 20.1 Å². The average molecular weight is 356 g/mol. The quantitative estimate of drug-likeness (QED) is 0.570. The smallest absolute Gasteiger partial charge is 0.226 e. The number of methoxy groups -OCH3 is 2. The minimum Gasteiger partial charge on any atom is -0.497 e. The van der Waals surface area contributed by atoms with E-state index < -0.39 is 0 Å². The van der Waals surface area contributed by atoms with E-state index in [0.29, 0.717) is 19.1 Å². The van der Waals surface area contributed by atoms with Gasteiger partial charge in [-0.1, -0.05) is 12.1 Å². The molecule has 0 aliphatic heterocycles. The second-order valence-corrected chi connectivity index (χ2v) is 5.88. The number of hydrogen-bond acceptors (Lipinski definition) is 7. The SMILES string of the molecule is COCCCNc1nc(NCc2ccc(OC)cc2)c2cnn(C)c2n1. The van der Waals surface area contributed by atoms with Crippen molar-refractivity contribution in [2.24, 2.45) is 7.05 Å². The lowest BCUT2D eigenvalue weighted by atomic mass is 10.2. The molecule has 2 heterocycles. The van der Waals surface area contributed by atoms with Crippen molar-refractivity contribution in [2.45, 2.75) is 13.0 Å². The summed E-state index contributed by atoms with van der Waals surface area (Å²) in [5, 5.41) is 11.8. The van der Waals surface area contributed by atoms with E-state index in [1.165, 1.54) is 0 Å². The van der Waals surface area contributed by atoms with Crippen molar-refractivity contribution in [1.29, 1.82) is 0 Å². The van der Waals surface area contributed by atoms with Gasteiger partial charge in [0.15, 0.2) is 5.65 Å². The highest BCUT2D eigenvalue weighted by Gasteiger charge is 2.11. The summed E-state index contributed by atoms with van der Waals surface area (Å²) in [5.74, 6) is 2.18. The van der Waals surface area contributed by atoms with E-state index in [4.69, 9.17) is 9.47 Å². The maximum atomic E-state index is 5.19. The number of rotatable bonds is 9. The second kappa shape index (κ2) is 8.48. The van der Waals surface area contributed by atoms with E-state index in [1.54, 1.807) is 25.1 Å². The van der Waals surface area contributed by atoms with Gasteiger partial charge in [-0.15, -0.1) is 0 Å². The lowest BCUT2D eigenvalue weighted by Crippen LogP contribution is -2.10. The molecule has 0 amide bonds. The number of aryl methyl sites for hydroxylation is 1. The van der Waals surface area contributed by atoms with Crippen LogP contribution < -0.4 is 15.4 Å². The molecule has 1 aromatic carbocycles. The highest BCUT2D eigenvalue weighted by atomic mass is 16.5. The summed E-state index contributed by atoms with van der Waals surface area (Å²) in [4.78, 5) is 9.16. The van der Waals surface area contributed by atoms with Crippen LogP contribution in [0, 0.1) is 0 Å². The topological polar surface area (TPSA) is 86.1 Å². The van der Waals surface area contributed by atoms with Gasteiger partial charge >= 0.3 is 0 Å². The Balaban J connectivity index is 1.76. The molecule has 3 aromatic rings. The van der Waals surface area contributed by atoms with E-state index in [-0.39, 0.29) is 0 Å². The van der Waals surface area contributed by atoms with Crippen molar-refractivity contribution in [2.75, 3.05) is 38.0 Å². The van der Waals surface area contributed by atoms with Gasteiger partial charge in [-0.3, -0.25) is 4.68 Å². The zero-order valence-electron chi connectivity index (χ0n) is 15.3. The first-order valence-corrected chi connectivity index (χ1v) is 8.50. The number of aromatic nitrogens is 4. The molecular formula is C18H24N6O2. The van der Waals surface area contributed by atoms with Crippen LogP contribution in [0.4, 0.5) is 11.8 Å². The van der Waals surface area contributed by atoms with Gasteiger partial charge in [-0.25, -0.2) is 0 Å². The van der Waals surface area contributed by atoms with Gasteiger partial charge in [0.1, 0.15) is 11.6 Å². The standard InChI is InChI=1S/C18H24N6O2/c1-24-17-15(12-21-24)16(22-18(23-17)19-9-4-10-25-2)20-11-13-5-7-14(26-3)8-6-13/h5-8,12H,4,9-11H2,1-3H3,(H2,19,20,22,23). The summed E-state index contributed by atoms with van der Waals surface area (Å²) in [7, 11) is 5.23. The van der Waals surface area contributed by atoms with Crippen molar-refractivity contribution in [3.63, 3.8) is 0 Å². The zero-order valence-corrected chi connectivity index (χ0v) is 15.3. The van der Waals surface area contributed by atoms with E-state index in [2.05, 4.69) is 25.7 Å².